The number of halogens is 1. The molecular formula is C12H17FN2. The zero-order chi connectivity index (χ0) is 10.5. The monoisotopic (exact) mass is 208 g/mol. The average Bonchev–Trinajstić information content (AvgIpc) is 2.29. The first-order valence-electron chi connectivity index (χ1n) is 5.68. The van der Waals surface area contributed by atoms with Crippen molar-refractivity contribution in [3.05, 3.63) is 29.8 Å². The van der Waals surface area contributed by atoms with Crippen LogP contribution in [-0.2, 0) is 6.42 Å². The van der Waals surface area contributed by atoms with Crippen LogP contribution in [0.4, 0.5) is 4.39 Å². The van der Waals surface area contributed by atoms with E-state index in [1.165, 1.54) is 25.3 Å². The van der Waals surface area contributed by atoms with Gasteiger partial charge < -0.3 is 4.90 Å². The van der Waals surface area contributed by atoms with E-state index in [2.05, 4.69) is 9.88 Å². The second-order valence-electron chi connectivity index (χ2n) is 4.08. The van der Waals surface area contributed by atoms with Gasteiger partial charge in [-0.05, 0) is 38.1 Å². The van der Waals surface area contributed by atoms with Gasteiger partial charge in [-0.25, -0.2) is 4.39 Å². The number of aromatic nitrogens is 1. The van der Waals surface area contributed by atoms with Crippen LogP contribution in [-0.4, -0.2) is 29.5 Å². The molecule has 0 amide bonds. The van der Waals surface area contributed by atoms with E-state index in [0.29, 0.717) is 5.69 Å². The maximum Gasteiger partial charge on any atom is 0.144 e. The molecule has 0 atom stereocenters. The van der Waals surface area contributed by atoms with Crippen molar-refractivity contribution in [2.45, 2.75) is 25.7 Å². The second kappa shape index (κ2) is 5.21. The topological polar surface area (TPSA) is 16.1 Å². The zero-order valence-electron chi connectivity index (χ0n) is 8.95. The summed E-state index contributed by atoms with van der Waals surface area (Å²) >= 11 is 0. The lowest BCUT2D eigenvalue weighted by molar-refractivity contribution is 0.230. The van der Waals surface area contributed by atoms with E-state index >= 15 is 0 Å². The first-order valence-corrected chi connectivity index (χ1v) is 5.68. The smallest absolute Gasteiger partial charge is 0.144 e. The predicted molar refractivity (Wildman–Crippen MR) is 58.2 cm³/mol. The highest BCUT2D eigenvalue weighted by Gasteiger charge is 2.11. The number of pyridine rings is 1. The summed E-state index contributed by atoms with van der Waals surface area (Å²) in [7, 11) is 0. The van der Waals surface area contributed by atoms with Crippen molar-refractivity contribution in [1.29, 1.82) is 0 Å². The molecule has 1 fully saturated rings. The van der Waals surface area contributed by atoms with Crippen LogP contribution >= 0.6 is 0 Å². The number of piperidine rings is 1. The van der Waals surface area contributed by atoms with Crippen molar-refractivity contribution in [2.24, 2.45) is 0 Å². The summed E-state index contributed by atoms with van der Waals surface area (Å²) in [6.45, 7) is 3.26. The van der Waals surface area contributed by atoms with E-state index in [1.807, 2.05) is 0 Å². The largest absolute Gasteiger partial charge is 0.303 e. The summed E-state index contributed by atoms with van der Waals surface area (Å²) in [6, 6.07) is 3.12. The minimum Gasteiger partial charge on any atom is -0.303 e. The lowest BCUT2D eigenvalue weighted by Gasteiger charge is -2.26. The highest BCUT2D eigenvalue weighted by molar-refractivity contribution is 5.07. The van der Waals surface area contributed by atoms with Crippen LogP contribution in [0, 0.1) is 5.82 Å². The molecule has 0 spiro atoms. The van der Waals surface area contributed by atoms with Gasteiger partial charge >= 0.3 is 0 Å². The average molecular weight is 208 g/mol. The Balaban J connectivity index is 1.84. The van der Waals surface area contributed by atoms with E-state index in [-0.39, 0.29) is 5.82 Å². The molecule has 82 valence electrons. The highest BCUT2D eigenvalue weighted by atomic mass is 19.1. The molecule has 3 heteroatoms. The molecule has 15 heavy (non-hydrogen) atoms. The van der Waals surface area contributed by atoms with Gasteiger partial charge in [0.25, 0.3) is 0 Å². The molecule has 0 bridgehead atoms. The Morgan fingerprint density at radius 2 is 2.07 bits per heavy atom. The summed E-state index contributed by atoms with van der Waals surface area (Å²) in [5, 5.41) is 0. The van der Waals surface area contributed by atoms with Crippen LogP contribution in [0.25, 0.3) is 0 Å². The molecule has 1 aromatic rings. The molecule has 0 saturated carbocycles. The maximum absolute atomic E-state index is 13.3. The number of rotatable bonds is 3. The van der Waals surface area contributed by atoms with Crippen LogP contribution in [0.15, 0.2) is 18.3 Å². The molecule has 1 aliphatic heterocycles. The third kappa shape index (κ3) is 2.99. The van der Waals surface area contributed by atoms with Crippen LogP contribution < -0.4 is 0 Å². The maximum atomic E-state index is 13.3. The Labute approximate surface area is 90.1 Å². The first kappa shape index (κ1) is 10.6. The van der Waals surface area contributed by atoms with Gasteiger partial charge in [-0.3, -0.25) is 4.98 Å². The summed E-state index contributed by atoms with van der Waals surface area (Å²) in [4.78, 5) is 6.46. The van der Waals surface area contributed by atoms with Crippen LogP contribution in [0.1, 0.15) is 25.0 Å². The molecule has 0 unspecified atom stereocenters. The Morgan fingerprint density at radius 3 is 2.80 bits per heavy atom. The van der Waals surface area contributed by atoms with Gasteiger partial charge in [-0.15, -0.1) is 0 Å². The quantitative estimate of drug-likeness (QED) is 0.757. The first-order chi connectivity index (χ1) is 7.36. The zero-order valence-corrected chi connectivity index (χ0v) is 8.95. The number of hydrogen-bond acceptors (Lipinski definition) is 2. The van der Waals surface area contributed by atoms with E-state index in [0.717, 1.165) is 26.1 Å². The van der Waals surface area contributed by atoms with E-state index < -0.39 is 0 Å². The molecule has 0 radical (unpaired) electrons. The standard InChI is InChI=1S/C12H17FN2/c13-11-5-4-7-14-12(11)6-10-15-8-2-1-3-9-15/h4-5,7H,1-3,6,8-10H2. The molecule has 1 aliphatic rings. The van der Waals surface area contributed by atoms with Gasteiger partial charge in [0.2, 0.25) is 0 Å². The SMILES string of the molecule is Fc1cccnc1CCN1CCCCC1. The van der Waals surface area contributed by atoms with Crippen LogP contribution in [0.3, 0.4) is 0 Å². The van der Waals surface area contributed by atoms with Gasteiger partial charge in [-0.2, -0.15) is 0 Å². The second-order valence-corrected chi connectivity index (χ2v) is 4.08. The third-order valence-electron chi connectivity index (χ3n) is 2.95. The molecule has 1 saturated heterocycles. The Bertz CT molecular complexity index is 308. The molecule has 0 aliphatic carbocycles. The van der Waals surface area contributed by atoms with Gasteiger partial charge in [0.15, 0.2) is 0 Å². The minimum absolute atomic E-state index is 0.172. The molecule has 0 N–H and O–H groups in total. The van der Waals surface area contributed by atoms with Crippen molar-refractivity contribution < 1.29 is 4.39 Å². The third-order valence-corrected chi connectivity index (χ3v) is 2.95. The normalized spacial score (nSPS) is 17.9. The Morgan fingerprint density at radius 1 is 1.27 bits per heavy atom. The van der Waals surface area contributed by atoms with Gasteiger partial charge in [0.05, 0.1) is 5.69 Å². The Kier molecular flexibility index (Phi) is 3.67. The van der Waals surface area contributed by atoms with Gasteiger partial charge in [-0.1, -0.05) is 6.42 Å². The van der Waals surface area contributed by atoms with Crippen molar-refractivity contribution in [3.8, 4) is 0 Å². The number of nitrogens with zero attached hydrogens (tertiary/aromatic N) is 2. The fourth-order valence-corrected chi connectivity index (χ4v) is 2.05. The summed E-state index contributed by atoms with van der Waals surface area (Å²) in [6.07, 6.45) is 6.30. The molecule has 1 aromatic heterocycles. The number of hydrogen-bond donors (Lipinski definition) is 0. The molecular weight excluding hydrogens is 191 g/mol. The van der Waals surface area contributed by atoms with Crippen molar-refractivity contribution in [1.82, 2.24) is 9.88 Å². The summed E-state index contributed by atoms with van der Waals surface area (Å²) < 4.78 is 13.3. The van der Waals surface area contributed by atoms with Gasteiger partial charge in [0.1, 0.15) is 5.82 Å². The number of likely N-dealkylation sites (tertiary alicyclic amines) is 1. The van der Waals surface area contributed by atoms with E-state index in [9.17, 15) is 4.39 Å². The lowest BCUT2D eigenvalue weighted by atomic mass is 10.1. The van der Waals surface area contributed by atoms with E-state index in [1.54, 1.807) is 12.3 Å². The van der Waals surface area contributed by atoms with Crippen LogP contribution in [0.2, 0.25) is 0 Å². The lowest BCUT2D eigenvalue weighted by Crippen LogP contribution is -2.31. The van der Waals surface area contributed by atoms with Crippen LogP contribution in [0.5, 0.6) is 0 Å². The molecule has 2 heterocycles. The fraction of sp³-hybridized carbons (Fsp3) is 0.583. The Hall–Kier alpha value is -0.960. The fourth-order valence-electron chi connectivity index (χ4n) is 2.05. The van der Waals surface area contributed by atoms with Crippen molar-refractivity contribution in [2.75, 3.05) is 19.6 Å². The minimum atomic E-state index is -0.172. The summed E-state index contributed by atoms with van der Waals surface area (Å²) in [5.74, 6) is -0.172. The molecule has 0 aromatic carbocycles. The predicted octanol–water partition coefficient (Wildman–Crippen LogP) is 2.25. The van der Waals surface area contributed by atoms with E-state index in [4.69, 9.17) is 0 Å². The molecule has 2 nitrogen and oxygen atoms in total. The van der Waals surface area contributed by atoms with Crippen molar-refractivity contribution >= 4 is 0 Å². The van der Waals surface area contributed by atoms with Gasteiger partial charge in [0, 0.05) is 19.2 Å². The summed E-state index contributed by atoms with van der Waals surface area (Å²) in [5.41, 5.74) is 0.600. The highest BCUT2D eigenvalue weighted by Crippen LogP contribution is 2.10. The molecule has 2 rings (SSSR count). The van der Waals surface area contributed by atoms with Crippen molar-refractivity contribution in [3.63, 3.8) is 0 Å².